The second-order valence-corrected chi connectivity index (χ2v) is 5.71. The van der Waals surface area contributed by atoms with Crippen molar-refractivity contribution in [1.29, 1.82) is 0 Å². The van der Waals surface area contributed by atoms with E-state index in [1.807, 2.05) is 13.0 Å². The molecule has 24 heavy (non-hydrogen) atoms. The van der Waals surface area contributed by atoms with Crippen molar-refractivity contribution in [3.8, 4) is 11.7 Å². The van der Waals surface area contributed by atoms with Crippen LogP contribution < -0.4 is 5.32 Å². The van der Waals surface area contributed by atoms with Gasteiger partial charge >= 0.3 is 0 Å². The van der Waals surface area contributed by atoms with Crippen molar-refractivity contribution in [2.75, 3.05) is 5.32 Å². The number of carbonyl (C=O) groups is 1. The van der Waals surface area contributed by atoms with Crippen LogP contribution >= 0.6 is 0 Å². The van der Waals surface area contributed by atoms with Gasteiger partial charge in [-0.1, -0.05) is 12.1 Å². The van der Waals surface area contributed by atoms with Crippen LogP contribution in [-0.2, 0) is 4.79 Å². The van der Waals surface area contributed by atoms with Crippen molar-refractivity contribution in [2.45, 2.75) is 19.3 Å². The number of carbonyl (C=O) groups excluding carboxylic acids is 1. The molecular weight excluding hydrogens is 306 g/mol. The number of aromatic nitrogens is 4. The Balaban J connectivity index is 1.89. The Morgan fingerprint density at radius 1 is 1.25 bits per heavy atom. The van der Waals surface area contributed by atoms with Crippen LogP contribution in [0.1, 0.15) is 29.2 Å². The highest BCUT2D eigenvalue weighted by molar-refractivity contribution is 5.95. The number of fused-ring (bicyclic) bond motifs is 1. The summed E-state index contributed by atoms with van der Waals surface area (Å²) in [6, 6.07) is 8.70. The van der Waals surface area contributed by atoms with Gasteiger partial charge in [0.2, 0.25) is 5.91 Å². The summed E-state index contributed by atoms with van der Waals surface area (Å²) in [5.74, 6) is 0.893. The second-order valence-electron chi connectivity index (χ2n) is 5.71. The van der Waals surface area contributed by atoms with E-state index in [2.05, 4.69) is 20.4 Å². The molecule has 3 aromatic rings. The molecule has 0 fully saturated rings. The van der Waals surface area contributed by atoms with Gasteiger partial charge in [0, 0.05) is 30.3 Å². The zero-order valence-corrected chi connectivity index (χ0v) is 13.0. The summed E-state index contributed by atoms with van der Waals surface area (Å²) in [5, 5.41) is 17.2. The number of hydrogen-bond acceptors (Lipinski definition) is 5. The Labute approximate surface area is 138 Å². The molecule has 0 saturated heterocycles. The lowest BCUT2D eigenvalue weighted by molar-refractivity contribution is -0.116. The van der Waals surface area contributed by atoms with Gasteiger partial charge in [-0.05, 0) is 30.7 Å². The number of benzene rings is 1. The molecule has 3 heterocycles. The summed E-state index contributed by atoms with van der Waals surface area (Å²) >= 11 is 0. The molecule has 0 saturated carbocycles. The first-order valence-corrected chi connectivity index (χ1v) is 7.59. The van der Waals surface area contributed by atoms with Gasteiger partial charge in [-0.3, -0.25) is 4.79 Å². The summed E-state index contributed by atoms with van der Waals surface area (Å²) in [6.07, 6.45) is 3.56. The second kappa shape index (κ2) is 5.45. The number of aromatic hydroxyl groups is 1. The number of amides is 1. The molecule has 1 aliphatic heterocycles. The van der Waals surface area contributed by atoms with Crippen LogP contribution in [0, 0.1) is 6.92 Å². The molecule has 0 aliphatic carbocycles. The van der Waals surface area contributed by atoms with E-state index in [1.54, 1.807) is 41.3 Å². The maximum atomic E-state index is 12.2. The fourth-order valence-electron chi connectivity index (χ4n) is 3.12. The number of hydrogen-bond donors (Lipinski definition) is 2. The van der Waals surface area contributed by atoms with Gasteiger partial charge in [-0.2, -0.15) is 9.78 Å². The van der Waals surface area contributed by atoms with Crippen molar-refractivity contribution in [2.24, 2.45) is 0 Å². The molecule has 4 rings (SSSR count). The van der Waals surface area contributed by atoms with Crippen molar-refractivity contribution in [3.05, 3.63) is 59.5 Å². The maximum absolute atomic E-state index is 12.2. The lowest BCUT2D eigenvalue weighted by Gasteiger charge is -2.24. The van der Waals surface area contributed by atoms with E-state index < -0.39 is 0 Å². The van der Waals surface area contributed by atoms with Gasteiger partial charge in [0.1, 0.15) is 11.6 Å². The molecule has 120 valence electrons. The number of anilines is 1. The molecule has 7 nitrogen and oxygen atoms in total. The number of phenolic OH excluding ortho intramolecular Hbond substituents is 1. The first-order valence-electron chi connectivity index (χ1n) is 7.59. The smallest absolute Gasteiger partial charge is 0.252 e. The van der Waals surface area contributed by atoms with E-state index in [9.17, 15) is 9.90 Å². The van der Waals surface area contributed by atoms with Crippen LogP contribution in [0.3, 0.4) is 0 Å². The summed E-state index contributed by atoms with van der Waals surface area (Å²) in [6.45, 7) is 1.89. The predicted molar refractivity (Wildman–Crippen MR) is 87.1 cm³/mol. The molecule has 0 bridgehead atoms. The summed E-state index contributed by atoms with van der Waals surface area (Å²) in [5.41, 5.74) is 2.60. The molecule has 0 spiro atoms. The van der Waals surface area contributed by atoms with Crippen LogP contribution in [0.4, 0.5) is 5.82 Å². The van der Waals surface area contributed by atoms with Crippen molar-refractivity contribution in [3.63, 3.8) is 0 Å². The van der Waals surface area contributed by atoms with Gasteiger partial charge in [-0.15, -0.1) is 0 Å². The fourth-order valence-corrected chi connectivity index (χ4v) is 3.12. The van der Waals surface area contributed by atoms with Crippen LogP contribution in [0.2, 0.25) is 0 Å². The molecule has 1 aliphatic rings. The summed E-state index contributed by atoms with van der Waals surface area (Å²) in [7, 11) is 0. The van der Waals surface area contributed by atoms with Gasteiger partial charge < -0.3 is 10.4 Å². The number of nitrogens with zero attached hydrogens (tertiary/aromatic N) is 4. The normalized spacial score (nSPS) is 16.5. The van der Waals surface area contributed by atoms with E-state index in [0.29, 0.717) is 18.2 Å². The highest BCUT2D eigenvalue weighted by atomic mass is 16.3. The van der Waals surface area contributed by atoms with Crippen LogP contribution in [0.5, 0.6) is 5.75 Å². The summed E-state index contributed by atoms with van der Waals surface area (Å²) < 4.78 is 1.55. The Morgan fingerprint density at radius 3 is 2.79 bits per heavy atom. The monoisotopic (exact) mass is 321 g/mol. The fraction of sp³-hybridized carbons (Fsp3) is 0.176. The lowest BCUT2D eigenvalue weighted by atomic mass is 9.86. The van der Waals surface area contributed by atoms with Gasteiger partial charge in [-0.25, -0.2) is 9.97 Å². The highest BCUT2D eigenvalue weighted by Crippen LogP contribution is 2.40. The minimum absolute atomic E-state index is 0.104. The zero-order chi connectivity index (χ0) is 16.7. The third kappa shape index (κ3) is 2.30. The zero-order valence-electron chi connectivity index (χ0n) is 13.0. The first-order chi connectivity index (χ1) is 11.6. The molecular formula is C17H15N5O2. The van der Waals surface area contributed by atoms with Crippen molar-refractivity contribution < 1.29 is 9.90 Å². The molecule has 1 aromatic carbocycles. The Hall–Kier alpha value is -3.22. The molecule has 7 heteroatoms. The lowest BCUT2D eigenvalue weighted by Crippen LogP contribution is -2.25. The molecule has 0 radical (unpaired) electrons. The number of rotatable bonds is 2. The van der Waals surface area contributed by atoms with Gasteiger partial charge in [0.05, 0.1) is 5.69 Å². The molecule has 0 unspecified atom stereocenters. The summed E-state index contributed by atoms with van der Waals surface area (Å²) in [4.78, 5) is 20.6. The predicted octanol–water partition coefficient (Wildman–Crippen LogP) is 2.15. The standard InChI is InChI=1S/C17H15N5O2/c1-10-15-13(11-4-2-5-12(23)8-11)9-14(24)20-16(15)22(21-10)17-18-6-3-7-19-17/h2-8,13,23H,9H2,1H3,(H,20,24)/t13-/m0/s1. The molecule has 1 atom stereocenters. The van der Waals surface area contributed by atoms with E-state index in [4.69, 9.17) is 0 Å². The van der Waals surface area contributed by atoms with Crippen molar-refractivity contribution >= 4 is 11.7 Å². The van der Waals surface area contributed by atoms with Gasteiger partial charge in [0.25, 0.3) is 5.95 Å². The van der Waals surface area contributed by atoms with Crippen molar-refractivity contribution in [1.82, 2.24) is 19.7 Å². The van der Waals surface area contributed by atoms with Crippen LogP contribution in [0.25, 0.3) is 5.95 Å². The van der Waals surface area contributed by atoms with E-state index in [0.717, 1.165) is 16.8 Å². The Morgan fingerprint density at radius 2 is 2.04 bits per heavy atom. The van der Waals surface area contributed by atoms with Crippen LogP contribution in [0.15, 0.2) is 42.7 Å². The number of nitrogens with one attached hydrogen (secondary N) is 1. The maximum Gasteiger partial charge on any atom is 0.252 e. The Bertz CT molecular complexity index is 920. The van der Waals surface area contributed by atoms with E-state index >= 15 is 0 Å². The topological polar surface area (TPSA) is 92.9 Å². The minimum atomic E-state index is -0.168. The average Bonchev–Trinajstić information content (AvgIpc) is 2.91. The molecule has 2 N–H and O–H groups in total. The SMILES string of the molecule is Cc1nn(-c2ncccn2)c2c1[C@H](c1cccc(O)c1)CC(=O)N2. The highest BCUT2D eigenvalue weighted by Gasteiger charge is 2.33. The minimum Gasteiger partial charge on any atom is -0.508 e. The van der Waals surface area contributed by atoms with E-state index in [-0.39, 0.29) is 17.6 Å². The number of aryl methyl sites for hydroxylation is 1. The third-order valence-electron chi connectivity index (χ3n) is 4.12. The third-order valence-corrected chi connectivity index (χ3v) is 4.12. The van der Waals surface area contributed by atoms with Crippen LogP contribution in [-0.4, -0.2) is 30.8 Å². The molecule has 2 aromatic heterocycles. The largest absolute Gasteiger partial charge is 0.508 e. The number of phenols is 1. The Kier molecular flexibility index (Phi) is 3.26. The average molecular weight is 321 g/mol. The van der Waals surface area contributed by atoms with E-state index in [1.165, 1.54) is 0 Å². The molecule has 1 amide bonds. The van der Waals surface area contributed by atoms with Gasteiger partial charge in [0.15, 0.2) is 0 Å². The first kappa shape index (κ1) is 14.4. The quantitative estimate of drug-likeness (QED) is 0.754.